The Balaban J connectivity index is 1.58. The molecule has 190 valence electrons. The number of nitrogens with zero attached hydrogens (tertiary/aromatic N) is 2. The van der Waals surface area contributed by atoms with E-state index in [2.05, 4.69) is 15.8 Å². The number of carbonyl (C=O) groups excluding carboxylic acids is 3. The highest BCUT2D eigenvalue weighted by atomic mass is 19.1. The summed E-state index contributed by atoms with van der Waals surface area (Å²) in [5, 5.41) is 16.9. The lowest BCUT2D eigenvalue weighted by Gasteiger charge is -2.11. The summed E-state index contributed by atoms with van der Waals surface area (Å²) in [6.07, 6.45) is 1.32. The number of nitrogens with one attached hydrogen (secondary N) is 2. The van der Waals surface area contributed by atoms with Gasteiger partial charge in [-0.15, -0.1) is 0 Å². The lowest BCUT2D eigenvalue weighted by atomic mass is 10.2. The second-order valence-corrected chi connectivity index (χ2v) is 7.32. The van der Waals surface area contributed by atoms with Crippen LogP contribution in [0.3, 0.4) is 0 Å². The summed E-state index contributed by atoms with van der Waals surface area (Å²) < 4.78 is 24.1. The Morgan fingerprint density at radius 2 is 1.78 bits per heavy atom. The van der Waals surface area contributed by atoms with E-state index >= 15 is 0 Å². The van der Waals surface area contributed by atoms with Gasteiger partial charge >= 0.3 is 5.97 Å². The summed E-state index contributed by atoms with van der Waals surface area (Å²) in [6.45, 7) is 1.62. The van der Waals surface area contributed by atoms with Crippen LogP contribution >= 0.6 is 0 Å². The number of amides is 2. The first-order valence-corrected chi connectivity index (χ1v) is 10.9. The SMILES string of the molecule is CCOc1cc(/C=N/NC(=O)CNC(=O)c2cccc(F)c2)ccc1OC(=O)c1ccc([N+](=O)[O-])cc1. The fraction of sp³-hybridized carbons (Fsp3) is 0.120. The van der Waals surface area contributed by atoms with Crippen molar-refractivity contribution in [2.45, 2.75) is 6.92 Å². The maximum Gasteiger partial charge on any atom is 0.343 e. The van der Waals surface area contributed by atoms with E-state index in [1.54, 1.807) is 13.0 Å². The minimum Gasteiger partial charge on any atom is -0.490 e. The lowest BCUT2D eigenvalue weighted by Crippen LogP contribution is -2.34. The monoisotopic (exact) mass is 508 g/mol. The number of carbonyl (C=O) groups is 3. The maximum atomic E-state index is 13.2. The predicted molar refractivity (Wildman–Crippen MR) is 130 cm³/mol. The first-order valence-electron chi connectivity index (χ1n) is 10.9. The molecule has 0 unspecified atom stereocenters. The molecule has 0 spiro atoms. The Morgan fingerprint density at radius 1 is 1.03 bits per heavy atom. The van der Waals surface area contributed by atoms with E-state index in [1.807, 2.05) is 0 Å². The third-order valence-corrected chi connectivity index (χ3v) is 4.68. The molecule has 11 nitrogen and oxygen atoms in total. The Morgan fingerprint density at radius 3 is 2.46 bits per heavy atom. The predicted octanol–water partition coefficient (Wildman–Crippen LogP) is 3.23. The topological polar surface area (TPSA) is 149 Å². The van der Waals surface area contributed by atoms with Gasteiger partial charge in [-0.05, 0) is 61.0 Å². The van der Waals surface area contributed by atoms with Gasteiger partial charge in [0.15, 0.2) is 11.5 Å². The standard InChI is InChI=1S/C25H21FN4O7/c1-2-36-22-12-16(6-11-21(22)37-25(33)17-7-9-20(10-8-17)30(34)35)14-28-29-23(31)15-27-24(32)18-4-3-5-19(26)13-18/h3-14H,2,15H2,1H3,(H,27,32)(H,29,31)/b28-14+. The molecule has 0 aromatic heterocycles. The van der Waals surface area contributed by atoms with Crippen LogP contribution in [-0.2, 0) is 4.79 Å². The molecule has 0 saturated heterocycles. The molecule has 0 aliphatic carbocycles. The Bertz CT molecular complexity index is 1340. The van der Waals surface area contributed by atoms with E-state index in [1.165, 1.54) is 60.8 Å². The normalized spacial score (nSPS) is 10.5. The van der Waals surface area contributed by atoms with E-state index < -0.39 is 28.5 Å². The van der Waals surface area contributed by atoms with Crippen molar-refractivity contribution >= 4 is 29.7 Å². The van der Waals surface area contributed by atoms with Gasteiger partial charge in [0.25, 0.3) is 17.5 Å². The third-order valence-electron chi connectivity index (χ3n) is 4.68. The minimum atomic E-state index is -0.732. The van der Waals surface area contributed by atoms with Gasteiger partial charge in [0.2, 0.25) is 0 Å². The number of nitro groups is 1. The van der Waals surface area contributed by atoms with Crippen LogP contribution in [0.5, 0.6) is 11.5 Å². The first kappa shape index (κ1) is 26.5. The number of ether oxygens (including phenoxy) is 2. The highest BCUT2D eigenvalue weighted by molar-refractivity contribution is 5.96. The molecule has 2 amide bonds. The Labute approximate surface area is 210 Å². The number of hydrogen-bond donors (Lipinski definition) is 2. The number of non-ortho nitro benzene ring substituents is 1. The Hall–Kier alpha value is -5.13. The van der Waals surface area contributed by atoms with Gasteiger partial charge in [0.05, 0.1) is 29.9 Å². The van der Waals surface area contributed by atoms with Gasteiger partial charge in [-0.1, -0.05) is 6.07 Å². The average Bonchev–Trinajstić information content (AvgIpc) is 2.88. The van der Waals surface area contributed by atoms with Crippen LogP contribution in [-0.4, -0.2) is 42.1 Å². The molecule has 37 heavy (non-hydrogen) atoms. The van der Waals surface area contributed by atoms with Gasteiger partial charge in [-0.2, -0.15) is 5.10 Å². The van der Waals surface area contributed by atoms with E-state index in [9.17, 15) is 28.9 Å². The fourth-order valence-electron chi connectivity index (χ4n) is 2.95. The minimum absolute atomic E-state index is 0.0779. The number of esters is 1. The van der Waals surface area contributed by atoms with Crippen molar-refractivity contribution in [2.75, 3.05) is 13.2 Å². The first-order chi connectivity index (χ1) is 17.8. The molecular formula is C25H21FN4O7. The third kappa shape index (κ3) is 7.68. The highest BCUT2D eigenvalue weighted by Gasteiger charge is 2.15. The molecule has 0 aliphatic rings. The average molecular weight is 508 g/mol. The van der Waals surface area contributed by atoms with Crippen LogP contribution in [0.25, 0.3) is 0 Å². The lowest BCUT2D eigenvalue weighted by molar-refractivity contribution is -0.384. The number of rotatable bonds is 10. The summed E-state index contributed by atoms with van der Waals surface area (Å²) in [6, 6.07) is 14.6. The van der Waals surface area contributed by atoms with Gasteiger partial charge in [0, 0.05) is 17.7 Å². The van der Waals surface area contributed by atoms with Gasteiger partial charge in [-0.25, -0.2) is 14.6 Å². The largest absolute Gasteiger partial charge is 0.490 e. The van der Waals surface area contributed by atoms with Gasteiger partial charge in [0.1, 0.15) is 5.82 Å². The molecule has 0 aliphatic heterocycles. The van der Waals surface area contributed by atoms with Crippen molar-refractivity contribution in [3.8, 4) is 11.5 Å². The van der Waals surface area contributed by atoms with E-state index in [-0.39, 0.29) is 41.5 Å². The molecule has 3 rings (SSSR count). The molecule has 12 heteroatoms. The van der Waals surface area contributed by atoms with Crippen LogP contribution in [0.2, 0.25) is 0 Å². The van der Waals surface area contributed by atoms with E-state index in [0.29, 0.717) is 5.56 Å². The molecule has 0 heterocycles. The van der Waals surface area contributed by atoms with Crippen LogP contribution in [0.4, 0.5) is 10.1 Å². The van der Waals surface area contributed by atoms with Crippen molar-refractivity contribution in [1.82, 2.24) is 10.7 Å². The number of halogens is 1. The molecule has 3 aromatic rings. The summed E-state index contributed by atoms with van der Waals surface area (Å²) in [4.78, 5) is 46.5. The second-order valence-electron chi connectivity index (χ2n) is 7.32. The Kier molecular flexibility index (Phi) is 8.97. The number of hydrazone groups is 1. The molecule has 0 radical (unpaired) electrons. The molecule has 2 N–H and O–H groups in total. The number of hydrogen-bond acceptors (Lipinski definition) is 8. The quantitative estimate of drug-likeness (QED) is 0.140. The van der Waals surface area contributed by atoms with Crippen molar-refractivity contribution in [3.05, 3.63) is 99.4 Å². The molecular weight excluding hydrogens is 487 g/mol. The fourth-order valence-corrected chi connectivity index (χ4v) is 2.95. The number of nitro benzene ring substituents is 1. The van der Waals surface area contributed by atoms with Crippen LogP contribution in [0.15, 0.2) is 71.8 Å². The van der Waals surface area contributed by atoms with E-state index in [4.69, 9.17) is 9.47 Å². The molecule has 0 saturated carbocycles. The molecule has 0 atom stereocenters. The summed E-state index contributed by atoms with van der Waals surface area (Å²) in [5.41, 5.74) is 2.79. The van der Waals surface area contributed by atoms with Crippen molar-refractivity contribution in [3.63, 3.8) is 0 Å². The second kappa shape index (κ2) is 12.5. The van der Waals surface area contributed by atoms with Crippen molar-refractivity contribution in [2.24, 2.45) is 5.10 Å². The van der Waals surface area contributed by atoms with Gasteiger partial charge in [-0.3, -0.25) is 19.7 Å². The number of benzene rings is 3. The molecule has 0 bridgehead atoms. The maximum absolute atomic E-state index is 13.2. The van der Waals surface area contributed by atoms with Crippen molar-refractivity contribution < 1.29 is 33.2 Å². The van der Waals surface area contributed by atoms with Crippen LogP contribution in [0.1, 0.15) is 33.2 Å². The van der Waals surface area contributed by atoms with Crippen LogP contribution < -0.4 is 20.2 Å². The molecule has 3 aromatic carbocycles. The zero-order valence-electron chi connectivity index (χ0n) is 19.5. The summed E-state index contributed by atoms with van der Waals surface area (Å²) >= 11 is 0. The van der Waals surface area contributed by atoms with Crippen molar-refractivity contribution in [1.29, 1.82) is 0 Å². The zero-order valence-corrected chi connectivity index (χ0v) is 19.5. The zero-order chi connectivity index (χ0) is 26.8. The smallest absolute Gasteiger partial charge is 0.343 e. The molecule has 0 fully saturated rings. The highest BCUT2D eigenvalue weighted by Crippen LogP contribution is 2.29. The van der Waals surface area contributed by atoms with E-state index in [0.717, 1.165) is 6.07 Å². The van der Waals surface area contributed by atoms with Crippen LogP contribution in [0, 0.1) is 15.9 Å². The summed E-state index contributed by atoms with van der Waals surface area (Å²) in [5.74, 6) is -2.18. The van der Waals surface area contributed by atoms with Gasteiger partial charge < -0.3 is 14.8 Å². The summed E-state index contributed by atoms with van der Waals surface area (Å²) in [7, 11) is 0.